The molecule has 0 aliphatic heterocycles. The molecule has 0 bridgehead atoms. The molecule has 0 fully saturated rings. The van der Waals surface area contributed by atoms with Gasteiger partial charge in [-0.2, -0.15) is 13.2 Å². The molecule has 1 heterocycles. The number of alkyl halides is 3. The predicted octanol–water partition coefficient (Wildman–Crippen LogP) is 2.96. The van der Waals surface area contributed by atoms with Crippen LogP contribution in [0.2, 0.25) is 0 Å². The van der Waals surface area contributed by atoms with E-state index in [1.165, 1.54) is 16.8 Å². The van der Waals surface area contributed by atoms with Gasteiger partial charge in [-0.15, -0.1) is 35.3 Å². The van der Waals surface area contributed by atoms with Gasteiger partial charge in [-0.1, -0.05) is 6.07 Å². The molecule has 134 valence electrons. The first-order valence-corrected chi connectivity index (χ1v) is 8.01. The number of hydrogen-bond donors (Lipinski definition) is 2. The lowest BCUT2D eigenvalue weighted by Gasteiger charge is -2.18. The molecule has 0 aliphatic carbocycles. The van der Waals surface area contributed by atoms with Crippen LogP contribution in [-0.2, 0) is 6.42 Å². The highest BCUT2D eigenvalue weighted by Crippen LogP contribution is 2.15. The lowest BCUT2D eigenvalue weighted by atomic mass is 10.3. The maximum Gasteiger partial charge on any atom is 0.401 e. The Kier molecular flexibility index (Phi) is 11.6. The van der Waals surface area contributed by atoms with Crippen molar-refractivity contribution in [1.82, 2.24) is 15.5 Å². The van der Waals surface area contributed by atoms with Gasteiger partial charge in [-0.25, -0.2) is 0 Å². The molecule has 23 heavy (non-hydrogen) atoms. The topological polar surface area (TPSA) is 39.7 Å². The lowest BCUT2D eigenvalue weighted by molar-refractivity contribution is -0.143. The highest BCUT2D eigenvalue weighted by Gasteiger charge is 2.28. The summed E-state index contributed by atoms with van der Waals surface area (Å²) in [7, 11) is 3.15. The number of hydrogen-bond acceptors (Lipinski definition) is 3. The second-order valence-electron chi connectivity index (χ2n) is 4.96. The molecule has 0 radical (unpaired) electrons. The monoisotopic (exact) mass is 464 g/mol. The summed E-state index contributed by atoms with van der Waals surface area (Å²) in [4.78, 5) is 6.66. The lowest BCUT2D eigenvalue weighted by Crippen LogP contribution is -2.40. The van der Waals surface area contributed by atoms with Gasteiger partial charge in [-0.3, -0.25) is 9.89 Å². The van der Waals surface area contributed by atoms with Crippen LogP contribution in [0.5, 0.6) is 0 Å². The average Bonchev–Trinajstić information content (AvgIpc) is 2.92. The summed E-state index contributed by atoms with van der Waals surface area (Å²) in [5.41, 5.74) is 0. The van der Waals surface area contributed by atoms with Gasteiger partial charge in [0, 0.05) is 25.0 Å². The minimum atomic E-state index is -4.14. The molecule has 1 rings (SSSR count). The third-order valence-corrected chi connectivity index (χ3v) is 3.86. The van der Waals surface area contributed by atoms with E-state index < -0.39 is 12.7 Å². The molecule has 0 aliphatic rings. The largest absolute Gasteiger partial charge is 0.401 e. The van der Waals surface area contributed by atoms with Crippen LogP contribution < -0.4 is 10.6 Å². The Morgan fingerprint density at radius 2 is 2.00 bits per heavy atom. The van der Waals surface area contributed by atoms with Crippen molar-refractivity contribution >= 4 is 41.3 Å². The summed E-state index contributed by atoms with van der Waals surface area (Å²) < 4.78 is 36.5. The molecule has 1 aromatic rings. The average molecular weight is 464 g/mol. The molecule has 1 aromatic heterocycles. The Morgan fingerprint density at radius 3 is 2.57 bits per heavy atom. The normalized spacial score (nSPS) is 12.2. The summed E-state index contributed by atoms with van der Waals surface area (Å²) in [6.07, 6.45) is -2.59. The molecular weight excluding hydrogens is 440 g/mol. The van der Waals surface area contributed by atoms with Gasteiger partial charge in [0.15, 0.2) is 5.96 Å². The molecule has 0 saturated heterocycles. The summed E-state index contributed by atoms with van der Waals surface area (Å²) in [6, 6.07) is 4.10. The number of thiophene rings is 1. The maximum atomic E-state index is 12.2. The van der Waals surface area contributed by atoms with E-state index in [0.717, 1.165) is 13.0 Å². The predicted molar refractivity (Wildman–Crippen MR) is 101 cm³/mol. The zero-order chi connectivity index (χ0) is 16.4. The molecule has 0 amide bonds. The van der Waals surface area contributed by atoms with Crippen molar-refractivity contribution in [3.63, 3.8) is 0 Å². The molecular formula is C14H24F3IN4S. The first-order valence-electron chi connectivity index (χ1n) is 7.13. The molecule has 2 N–H and O–H groups in total. The number of rotatable bonds is 8. The van der Waals surface area contributed by atoms with Crippen molar-refractivity contribution in [2.75, 3.05) is 40.3 Å². The van der Waals surface area contributed by atoms with Crippen molar-refractivity contribution < 1.29 is 13.2 Å². The first-order chi connectivity index (χ1) is 10.4. The van der Waals surface area contributed by atoms with Gasteiger partial charge >= 0.3 is 6.18 Å². The SMILES string of the molecule is CN=C(NCCCN(C)CC(F)(F)F)NCCc1cccs1.I. The minimum absolute atomic E-state index is 0. The van der Waals surface area contributed by atoms with Crippen LogP contribution in [0.15, 0.2) is 22.5 Å². The Morgan fingerprint density at radius 1 is 1.30 bits per heavy atom. The molecule has 0 spiro atoms. The fraction of sp³-hybridized carbons (Fsp3) is 0.643. The third-order valence-electron chi connectivity index (χ3n) is 2.93. The zero-order valence-electron chi connectivity index (χ0n) is 13.3. The quantitative estimate of drug-likeness (QED) is 0.269. The van der Waals surface area contributed by atoms with Crippen LogP contribution in [0.4, 0.5) is 13.2 Å². The maximum absolute atomic E-state index is 12.2. The smallest absolute Gasteiger partial charge is 0.356 e. The first kappa shape index (κ1) is 22.4. The second-order valence-corrected chi connectivity index (χ2v) is 5.99. The summed E-state index contributed by atoms with van der Waals surface area (Å²) in [6.45, 7) is 0.870. The van der Waals surface area contributed by atoms with Crippen LogP contribution in [-0.4, -0.2) is 57.3 Å². The molecule has 0 saturated carbocycles. The molecule has 0 atom stereocenters. The van der Waals surface area contributed by atoms with Crippen LogP contribution in [0.3, 0.4) is 0 Å². The number of aliphatic imine (C=N–C) groups is 1. The van der Waals surface area contributed by atoms with E-state index in [2.05, 4.69) is 21.7 Å². The van der Waals surface area contributed by atoms with E-state index in [1.54, 1.807) is 18.4 Å². The zero-order valence-corrected chi connectivity index (χ0v) is 16.5. The Balaban J connectivity index is 0.00000484. The van der Waals surface area contributed by atoms with E-state index in [-0.39, 0.29) is 24.0 Å². The Labute approximate surface area is 156 Å². The van der Waals surface area contributed by atoms with Gasteiger partial charge in [0.1, 0.15) is 0 Å². The summed E-state index contributed by atoms with van der Waals surface area (Å²) in [5, 5.41) is 8.33. The third kappa shape index (κ3) is 11.6. The van der Waals surface area contributed by atoms with Crippen LogP contribution in [0.25, 0.3) is 0 Å². The van der Waals surface area contributed by atoms with E-state index in [4.69, 9.17) is 0 Å². The highest BCUT2D eigenvalue weighted by molar-refractivity contribution is 14.0. The standard InChI is InChI=1S/C14H23F3N4S.HI/c1-18-13(20-8-6-12-5-3-10-22-12)19-7-4-9-21(2)11-14(15,16)17;/h3,5,10H,4,6-9,11H2,1-2H3,(H2,18,19,20);1H. The fourth-order valence-corrected chi connectivity index (χ4v) is 2.63. The van der Waals surface area contributed by atoms with Gasteiger partial charge in [0.2, 0.25) is 0 Å². The van der Waals surface area contributed by atoms with Gasteiger partial charge < -0.3 is 10.6 Å². The van der Waals surface area contributed by atoms with Crippen LogP contribution in [0.1, 0.15) is 11.3 Å². The van der Waals surface area contributed by atoms with E-state index in [0.29, 0.717) is 25.5 Å². The Bertz CT molecular complexity index is 438. The van der Waals surface area contributed by atoms with Gasteiger partial charge in [0.05, 0.1) is 6.54 Å². The number of guanidine groups is 1. The fourth-order valence-electron chi connectivity index (χ4n) is 1.92. The van der Waals surface area contributed by atoms with E-state index in [1.807, 2.05) is 11.4 Å². The van der Waals surface area contributed by atoms with Gasteiger partial charge in [-0.05, 0) is 37.9 Å². The number of halogens is 4. The van der Waals surface area contributed by atoms with E-state index >= 15 is 0 Å². The Hall–Kier alpha value is -0.550. The highest BCUT2D eigenvalue weighted by atomic mass is 127. The van der Waals surface area contributed by atoms with Crippen LogP contribution in [0, 0.1) is 0 Å². The van der Waals surface area contributed by atoms with Gasteiger partial charge in [0.25, 0.3) is 0 Å². The number of nitrogens with one attached hydrogen (secondary N) is 2. The van der Waals surface area contributed by atoms with Crippen molar-refractivity contribution in [2.24, 2.45) is 4.99 Å². The minimum Gasteiger partial charge on any atom is -0.356 e. The van der Waals surface area contributed by atoms with E-state index in [9.17, 15) is 13.2 Å². The summed E-state index contributed by atoms with van der Waals surface area (Å²) in [5.74, 6) is 0.676. The molecule has 0 aromatic carbocycles. The second kappa shape index (κ2) is 11.9. The van der Waals surface area contributed by atoms with Crippen molar-refractivity contribution in [2.45, 2.75) is 19.0 Å². The van der Waals surface area contributed by atoms with Crippen molar-refractivity contribution in [1.29, 1.82) is 0 Å². The van der Waals surface area contributed by atoms with Crippen LogP contribution >= 0.6 is 35.3 Å². The molecule has 4 nitrogen and oxygen atoms in total. The van der Waals surface area contributed by atoms with Crippen molar-refractivity contribution in [3.05, 3.63) is 22.4 Å². The molecule has 9 heteroatoms. The molecule has 0 unspecified atom stereocenters. The number of nitrogens with zero attached hydrogens (tertiary/aromatic N) is 2. The summed E-state index contributed by atoms with van der Waals surface area (Å²) >= 11 is 1.71. The van der Waals surface area contributed by atoms with Crippen molar-refractivity contribution in [3.8, 4) is 0 Å².